The summed E-state index contributed by atoms with van der Waals surface area (Å²) in [5.41, 5.74) is 6.90. The molecule has 0 radical (unpaired) electrons. The molecule has 2 rings (SSSR count). The van der Waals surface area contributed by atoms with Crippen LogP contribution in [0.5, 0.6) is 5.75 Å². The molecule has 0 saturated heterocycles. The van der Waals surface area contributed by atoms with Crippen LogP contribution < -0.4 is 20.9 Å². The number of nitrogens with one attached hydrogen (secondary N) is 3. The SMILES string of the molecule is COCCOc1ccc(Br)cc1C(=O)NC(=S)NNC(=O)c1ccc(C(C)(C)C)cc1. The van der Waals surface area contributed by atoms with Gasteiger partial charge in [0.1, 0.15) is 12.4 Å². The van der Waals surface area contributed by atoms with Crippen LogP contribution in [0, 0.1) is 0 Å². The van der Waals surface area contributed by atoms with Gasteiger partial charge in [-0.15, -0.1) is 0 Å². The van der Waals surface area contributed by atoms with Crippen molar-refractivity contribution in [1.82, 2.24) is 16.2 Å². The van der Waals surface area contributed by atoms with Gasteiger partial charge in [0.2, 0.25) is 0 Å². The lowest BCUT2D eigenvalue weighted by Gasteiger charge is -2.19. The molecule has 0 aliphatic heterocycles. The van der Waals surface area contributed by atoms with Gasteiger partial charge in [0, 0.05) is 17.1 Å². The van der Waals surface area contributed by atoms with Crippen LogP contribution in [-0.2, 0) is 10.2 Å². The fourth-order valence-corrected chi connectivity index (χ4v) is 3.05. The van der Waals surface area contributed by atoms with Crippen molar-refractivity contribution in [2.75, 3.05) is 20.3 Å². The van der Waals surface area contributed by atoms with E-state index in [4.69, 9.17) is 21.7 Å². The molecule has 2 aromatic rings. The van der Waals surface area contributed by atoms with Crippen molar-refractivity contribution in [2.24, 2.45) is 0 Å². The van der Waals surface area contributed by atoms with Crippen LogP contribution in [0.25, 0.3) is 0 Å². The summed E-state index contributed by atoms with van der Waals surface area (Å²) in [7, 11) is 1.57. The highest BCUT2D eigenvalue weighted by Crippen LogP contribution is 2.23. The molecule has 0 aliphatic rings. The van der Waals surface area contributed by atoms with E-state index in [-0.39, 0.29) is 16.4 Å². The van der Waals surface area contributed by atoms with Gasteiger partial charge in [-0.1, -0.05) is 48.8 Å². The maximum absolute atomic E-state index is 12.6. The minimum atomic E-state index is -0.477. The number of hydrogen-bond donors (Lipinski definition) is 3. The number of halogens is 1. The van der Waals surface area contributed by atoms with Crippen molar-refractivity contribution in [3.63, 3.8) is 0 Å². The fourth-order valence-electron chi connectivity index (χ4n) is 2.55. The Labute approximate surface area is 196 Å². The first-order valence-corrected chi connectivity index (χ1v) is 10.8. The van der Waals surface area contributed by atoms with Gasteiger partial charge in [0.15, 0.2) is 5.11 Å². The molecule has 0 unspecified atom stereocenters. The van der Waals surface area contributed by atoms with Crippen molar-refractivity contribution < 1.29 is 19.1 Å². The van der Waals surface area contributed by atoms with Gasteiger partial charge in [0.05, 0.1) is 12.2 Å². The first-order valence-electron chi connectivity index (χ1n) is 9.55. The summed E-state index contributed by atoms with van der Waals surface area (Å²) >= 11 is 8.46. The van der Waals surface area contributed by atoms with E-state index in [0.717, 1.165) is 5.56 Å². The molecular weight excluding hydrogens is 482 g/mol. The van der Waals surface area contributed by atoms with Crippen LogP contribution in [0.15, 0.2) is 46.9 Å². The van der Waals surface area contributed by atoms with Crippen LogP contribution in [0.1, 0.15) is 47.1 Å². The number of amides is 2. The summed E-state index contributed by atoms with van der Waals surface area (Å²) in [6, 6.07) is 12.4. The van der Waals surface area contributed by atoms with Crippen LogP contribution in [0.2, 0.25) is 0 Å². The number of hydrazine groups is 1. The Balaban J connectivity index is 1.94. The molecule has 0 aliphatic carbocycles. The van der Waals surface area contributed by atoms with Gasteiger partial charge < -0.3 is 9.47 Å². The van der Waals surface area contributed by atoms with Gasteiger partial charge in [-0.2, -0.15) is 0 Å². The van der Waals surface area contributed by atoms with Crippen molar-refractivity contribution in [3.8, 4) is 5.75 Å². The van der Waals surface area contributed by atoms with Crippen molar-refractivity contribution in [1.29, 1.82) is 0 Å². The number of carbonyl (C=O) groups is 2. The topological polar surface area (TPSA) is 88.7 Å². The van der Waals surface area contributed by atoms with E-state index in [1.54, 1.807) is 37.4 Å². The molecule has 3 N–H and O–H groups in total. The standard InChI is InChI=1S/C22H26BrN3O4S/c1-22(2,3)15-7-5-14(6-8-15)19(27)25-26-21(31)24-20(28)17-13-16(23)9-10-18(17)30-12-11-29-4/h5-10,13H,11-12H2,1-4H3,(H,25,27)(H2,24,26,28,31). The highest BCUT2D eigenvalue weighted by molar-refractivity contribution is 9.10. The summed E-state index contributed by atoms with van der Waals surface area (Å²) in [5, 5.41) is 2.48. The first kappa shape index (κ1) is 24.8. The van der Waals surface area contributed by atoms with E-state index in [0.29, 0.717) is 34.6 Å². The minimum absolute atomic E-state index is 0.00231. The quantitative estimate of drug-likeness (QED) is 0.313. The van der Waals surface area contributed by atoms with E-state index in [1.165, 1.54) is 0 Å². The number of benzene rings is 2. The van der Waals surface area contributed by atoms with E-state index in [9.17, 15) is 9.59 Å². The molecule has 31 heavy (non-hydrogen) atoms. The summed E-state index contributed by atoms with van der Waals surface area (Å²) in [5.74, 6) is -0.457. The van der Waals surface area contributed by atoms with Gasteiger partial charge in [-0.05, 0) is 53.5 Å². The molecule has 0 fully saturated rings. The Kier molecular flexibility index (Phi) is 8.97. The fraction of sp³-hybridized carbons (Fsp3) is 0.318. The lowest BCUT2D eigenvalue weighted by Crippen LogP contribution is -2.48. The van der Waals surface area contributed by atoms with Crippen LogP contribution >= 0.6 is 28.1 Å². The molecule has 7 nitrogen and oxygen atoms in total. The van der Waals surface area contributed by atoms with E-state index >= 15 is 0 Å². The van der Waals surface area contributed by atoms with E-state index in [1.807, 2.05) is 12.1 Å². The zero-order valence-electron chi connectivity index (χ0n) is 17.9. The number of carbonyl (C=O) groups excluding carboxylic acids is 2. The Morgan fingerprint density at radius 2 is 1.68 bits per heavy atom. The molecular formula is C22H26BrN3O4S. The lowest BCUT2D eigenvalue weighted by atomic mass is 9.87. The maximum atomic E-state index is 12.6. The van der Waals surface area contributed by atoms with Crippen LogP contribution in [-0.4, -0.2) is 37.3 Å². The van der Waals surface area contributed by atoms with Crippen LogP contribution in [0.3, 0.4) is 0 Å². The minimum Gasteiger partial charge on any atom is -0.490 e. The molecule has 2 amide bonds. The summed E-state index contributed by atoms with van der Waals surface area (Å²) in [6.45, 7) is 6.99. The number of hydrogen-bond acceptors (Lipinski definition) is 5. The molecule has 2 aromatic carbocycles. The van der Waals surface area contributed by atoms with Crippen molar-refractivity contribution in [2.45, 2.75) is 26.2 Å². The number of methoxy groups -OCH3 is 1. The average molecular weight is 508 g/mol. The number of rotatable bonds is 6. The Hall–Kier alpha value is -2.49. The predicted octanol–water partition coefficient (Wildman–Crippen LogP) is 3.72. The third-order valence-electron chi connectivity index (χ3n) is 4.26. The average Bonchev–Trinajstić information content (AvgIpc) is 2.72. The van der Waals surface area contributed by atoms with E-state index < -0.39 is 5.91 Å². The third-order valence-corrected chi connectivity index (χ3v) is 4.96. The molecule has 0 aromatic heterocycles. The van der Waals surface area contributed by atoms with Crippen LogP contribution in [0.4, 0.5) is 0 Å². The summed E-state index contributed by atoms with van der Waals surface area (Å²) in [6.07, 6.45) is 0. The normalized spacial score (nSPS) is 10.9. The molecule has 0 atom stereocenters. The highest BCUT2D eigenvalue weighted by atomic mass is 79.9. The van der Waals surface area contributed by atoms with Gasteiger partial charge in [-0.25, -0.2) is 0 Å². The van der Waals surface area contributed by atoms with Gasteiger partial charge in [-0.3, -0.25) is 25.8 Å². The van der Waals surface area contributed by atoms with Crippen molar-refractivity contribution in [3.05, 3.63) is 63.6 Å². The molecule has 0 spiro atoms. The van der Waals surface area contributed by atoms with Gasteiger partial charge in [0.25, 0.3) is 11.8 Å². The zero-order chi connectivity index (χ0) is 23.0. The zero-order valence-corrected chi connectivity index (χ0v) is 20.3. The van der Waals surface area contributed by atoms with Crippen molar-refractivity contribution >= 4 is 45.1 Å². The predicted molar refractivity (Wildman–Crippen MR) is 127 cm³/mol. The molecule has 9 heteroatoms. The maximum Gasteiger partial charge on any atom is 0.269 e. The second kappa shape index (κ2) is 11.2. The molecule has 0 bridgehead atoms. The van der Waals surface area contributed by atoms with Gasteiger partial charge >= 0.3 is 0 Å². The number of thiocarbonyl (C=S) groups is 1. The largest absolute Gasteiger partial charge is 0.490 e. The van der Waals surface area contributed by atoms with E-state index in [2.05, 4.69) is 52.9 Å². The Morgan fingerprint density at radius 1 is 1.00 bits per heavy atom. The third kappa shape index (κ3) is 7.61. The Morgan fingerprint density at radius 3 is 2.29 bits per heavy atom. The monoisotopic (exact) mass is 507 g/mol. The smallest absolute Gasteiger partial charge is 0.269 e. The highest BCUT2D eigenvalue weighted by Gasteiger charge is 2.16. The second-order valence-corrected chi connectivity index (χ2v) is 9.00. The first-order chi connectivity index (χ1) is 14.6. The summed E-state index contributed by atoms with van der Waals surface area (Å²) in [4.78, 5) is 25.0. The number of ether oxygens (including phenoxy) is 2. The summed E-state index contributed by atoms with van der Waals surface area (Å²) < 4.78 is 11.3. The Bertz CT molecular complexity index is 943. The molecule has 0 heterocycles. The molecule has 0 saturated carbocycles. The molecule has 166 valence electrons. The second-order valence-electron chi connectivity index (χ2n) is 7.67. The lowest BCUT2D eigenvalue weighted by molar-refractivity contribution is 0.0933.